The minimum atomic E-state index is -3.83. The van der Waals surface area contributed by atoms with E-state index in [-0.39, 0.29) is 25.8 Å². The molecule has 2 atom stereocenters. The van der Waals surface area contributed by atoms with Gasteiger partial charge in [-0.3, -0.25) is 18.4 Å². The molecule has 0 aromatic rings. The first-order chi connectivity index (χ1) is 14.0. The van der Waals surface area contributed by atoms with Crippen LogP contribution in [0.25, 0.3) is 0 Å². The minimum absolute atomic E-state index is 0.00522. The summed E-state index contributed by atoms with van der Waals surface area (Å²) in [6.07, 6.45) is 11.4. The van der Waals surface area contributed by atoms with Crippen LogP contribution < -0.4 is 0 Å². The van der Waals surface area contributed by atoms with E-state index in [0.717, 1.165) is 26.4 Å². The van der Waals surface area contributed by atoms with Crippen LogP contribution in [0.15, 0.2) is 5.18 Å². The van der Waals surface area contributed by atoms with Gasteiger partial charge in [-0.2, -0.15) is 4.91 Å². The number of carbonyl (C=O) groups excluding carboxylic acids is 1. The predicted octanol–water partition coefficient (Wildman–Crippen LogP) is 4.76. The van der Waals surface area contributed by atoms with Crippen molar-refractivity contribution in [2.24, 2.45) is 5.18 Å². The molecule has 0 aromatic carbocycles. The van der Waals surface area contributed by atoms with E-state index in [1.54, 1.807) is 0 Å². The van der Waals surface area contributed by atoms with Crippen molar-refractivity contribution in [3.63, 3.8) is 0 Å². The van der Waals surface area contributed by atoms with Crippen molar-refractivity contribution in [3.05, 3.63) is 4.91 Å². The van der Waals surface area contributed by atoms with E-state index < -0.39 is 20.5 Å². The van der Waals surface area contributed by atoms with Crippen LogP contribution in [-0.2, 0) is 27.7 Å². The van der Waals surface area contributed by atoms with Crippen LogP contribution in [-0.4, -0.2) is 50.7 Å². The van der Waals surface area contributed by atoms with Crippen molar-refractivity contribution >= 4 is 13.8 Å². The number of hydrogen-bond acceptors (Lipinski definition) is 9. The van der Waals surface area contributed by atoms with Crippen molar-refractivity contribution in [3.8, 4) is 0 Å². The van der Waals surface area contributed by atoms with Gasteiger partial charge in [-0.05, 0) is 6.42 Å². The zero-order chi connectivity index (χ0) is 21.8. The van der Waals surface area contributed by atoms with Gasteiger partial charge in [-0.1, -0.05) is 63.5 Å². The summed E-state index contributed by atoms with van der Waals surface area (Å²) in [6, 6.07) is -1.04. The van der Waals surface area contributed by atoms with E-state index in [2.05, 4.69) is 12.1 Å². The van der Waals surface area contributed by atoms with Crippen molar-refractivity contribution < 1.29 is 32.8 Å². The minimum Gasteiger partial charge on any atom is -0.466 e. The molecule has 0 rings (SSSR count). The van der Waals surface area contributed by atoms with Gasteiger partial charge in [-0.15, -0.1) is 0 Å². The smallest absolute Gasteiger partial charge is 0.466 e. The molecule has 0 aromatic heterocycles. The molecule has 0 aliphatic rings. The van der Waals surface area contributed by atoms with Gasteiger partial charge in [0.1, 0.15) is 6.04 Å². The van der Waals surface area contributed by atoms with Crippen molar-refractivity contribution in [1.29, 1.82) is 0 Å². The number of rotatable bonds is 21. The Morgan fingerprint density at radius 3 is 2.14 bits per heavy atom. The molecular weight excluding hydrogens is 401 g/mol. The van der Waals surface area contributed by atoms with Gasteiger partial charge in [0.15, 0.2) is 0 Å². The van der Waals surface area contributed by atoms with Crippen LogP contribution >= 0.6 is 7.82 Å². The summed E-state index contributed by atoms with van der Waals surface area (Å²) in [5.74, 6) is -0.248. The number of carbonyl (C=O) groups is 1. The molecule has 0 heterocycles. The molecular formula is C19H38NO8P. The number of unbranched alkanes of at least 4 members (excludes halogenated alkanes) is 8. The SMILES string of the molecule is CCCCCCCCCCCC(=O)OCCCOP(=O)(OC)OCC(CO)N=O. The lowest BCUT2D eigenvalue weighted by molar-refractivity contribution is -0.144. The molecule has 0 bridgehead atoms. The molecule has 0 saturated heterocycles. The highest BCUT2D eigenvalue weighted by Crippen LogP contribution is 2.48. The molecule has 0 aliphatic carbocycles. The third-order valence-corrected chi connectivity index (χ3v) is 5.71. The van der Waals surface area contributed by atoms with Crippen LogP contribution in [0.5, 0.6) is 0 Å². The van der Waals surface area contributed by atoms with Gasteiger partial charge in [0.05, 0.1) is 26.4 Å². The maximum absolute atomic E-state index is 12.1. The maximum Gasteiger partial charge on any atom is 0.474 e. The number of ether oxygens (including phenoxy) is 1. The summed E-state index contributed by atoms with van der Waals surface area (Å²) in [4.78, 5) is 22.0. The normalized spacial score (nSPS) is 14.3. The first kappa shape index (κ1) is 28.1. The molecule has 10 heteroatoms. The lowest BCUT2D eigenvalue weighted by Crippen LogP contribution is -2.17. The highest BCUT2D eigenvalue weighted by Gasteiger charge is 2.26. The fraction of sp³-hybridized carbons (Fsp3) is 0.947. The number of hydrogen-bond donors (Lipinski definition) is 1. The van der Waals surface area contributed by atoms with Gasteiger partial charge < -0.3 is 9.84 Å². The van der Waals surface area contributed by atoms with E-state index in [1.807, 2.05) is 0 Å². The van der Waals surface area contributed by atoms with Crippen molar-refractivity contribution in [2.75, 3.05) is 33.5 Å². The lowest BCUT2D eigenvalue weighted by Gasteiger charge is -2.16. The summed E-state index contributed by atoms with van der Waals surface area (Å²) in [5, 5.41) is 11.5. The van der Waals surface area contributed by atoms with Gasteiger partial charge in [0.2, 0.25) is 0 Å². The number of nitroso groups, excluding NO2 is 1. The summed E-state index contributed by atoms with van der Waals surface area (Å²) in [6.45, 7) is 1.45. The van der Waals surface area contributed by atoms with Crippen LogP contribution in [0.1, 0.15) is 77.6 Å². The Kier molecular flexibility index (Phi) is 18.6. The third kappa shape index (κ3) is 16.6. The molecule has 0 spiro atoms. The second kappa shape index (κ2) is 19.1. The van der Waals surface area contributed by atoms with Crippen LogP contribution in [0.4, 0.5) is 0 Å². The van der Waals surface area contributed by atoms with E-state index in [4.69, 9.17) is 23.4 Å². The standard InChI is InChI=1S/C19H38NO8P/c1-3-4-5-6-7-8-9-10-11-13-19(22)26-14-12-15-27-29(24,25-2)28-17-18(16-21)20-23/h18,21H,3-17H2,1-2H3. The molecule has 29 heavy (non-hydrogen) atoms. The summed E-state index contributed by atoms with van der Waals surface area (Å²) < 4.78 is 31.9. The van der Waals surface area contributed by atoms with Gasteiger partial charge in [-0.25, -0.2) is 4.57 Å². The number of aliphatic hydroxyl groups excluding tert-OH is 1. The number of aliphatic hydroxyl groups is 1. The highest BCUT2D eigenvalue weighted by molar-refractivity contribution is 7.48. The van der Waals surface area contributed by atoms with E-state index in [1.165, 1.54) is 38.5 Å². The lowest BCUT2D eigenvalue weighted by atomic mass is 10.1. The molecule has 0 aliphatic heterocycles. The Hall–Kier alpha value is -0.860. The van der Waals surface area contributed by atoms with Gasteiger partial charge >= 0.3 is 13.8 Å². The summed E-state index contributed by atoms with van der Waals surface area (Å²) >= 11 is 0. The maximum atomic E-state index is 12.1. The number of esters is 1. The van der Waals surface area contributed by atoms with Crippen LogP contribution in [0.3, 0.4) is 0 Å². The zero-order valence-corrected chi connectivity index (χ0v) is 18.8. The zero-order valence-electron chi connectivity index (χ0n) is 17.9. The summed E-state index contributed by atoms with van der Waals surface area (Å²) in [5.41, 5.74) is 0. The second-order valence-electron chi connectivity index (χ2n) is 6.85. The molecule has 0 saturated carbocycles. The predicted molar refractivity (Wildman–Crippen MR) is 111 cm³/mol. The van der Waals surface area contributed by atoms with Gasteiger partial charge in [0, 0.05) is 20.0 Å². The van der Waals surface area contributed by atoms with Crippen LogP contribution in [0, 0.1) is 4.91 Å². The van der Waals surface area contributed by atoms with E-state index >= 15 is 0 Å². The molecule has 9 nitrogen and oxygen atoms in total. The summed E-state index contributed by atoms with van der Waals surface area (Å²) in [7, 11) is -2.69. The molecule has 1 N–H and O–H groups in total. The molecule has 0 amide bonds. The Balaban J connectivity index is 3.66. The van der Waals surface area contributed by atoms with E-state index in [9.17, 15) is 14.3 Å². The number of phosphoric ester groups is 1. The van der Waals surface area contributed by atoms with Crippen molar-refractivity contribution in [2.45, 2.75) is 83.6 Å². The highest BCUT2D eigenvalue weighted by atomic mass is 31.2. The third-order valence-electron chi connectivity index (χ3n) is 4.29. The van der Waals surface area contributed by atoms with Crippen LogP contribution in [0.2, 0.25) is 0 Å². The average molecular weight is 439 g/mol. The Morgan fingerprint density at radius 2 is 1.59 bits per heavy atom. The second-order valence-corrected chi connectivity index (χ2v) is 8.63. The Bertz CT molecular complexity index is 463. The molecule has 0 radical (unpaired) electrons. The van der Waals surface area contributed by atoms with Gasteiger partial charge in [0.25, 0.3) is 0 Å². The topological polar surface area (TPSA) is 121 Å². The monoisotopic (exact) mass is 439 g/mol. The van der Waals surface area contributed by atoms with E-state index in [0.29, 0.717) is 12.8 Å². The molecule has 172 valence electrons. The van der Waals surface area contributed by atoms with Crippen molar-refractivity contribution in [1.82, 2.24) is 0 Å². The Morgan fingerprint density at radius 1 is 0.966 bits per heavy atom. The largest absolute Gasteiger partial charge is 0.474 e. The average Bonchev–Trinajstić information content (AvgIpc) is 2.73. The first-order valence-corrected chi connectivity index (χ1v) is 12.0. The fourth-order valence-corrected chi connectivity index (χ4v) is 3.50. The number of phosphoric acid groups is 1. The fourth-order valence-electron chi connectivity index (χ4n) is 2.51. The molecule has 2 unspecified atom stereocenters. The number of nitrogens with zero attached hydrogens (tertiary/aromatic N) is 1. The Labute approximate surface area is 174 Å². The molecule has 0 fully saturated rings. The first-order valence-electron chi connectivity index (χ1n) is 10.5. The quantitative estimate of drug-likeness (QED) is 0.118.